The molecule has 0 saturated carbocycles. The minimum atomic E-state index is -4.64. The Hall–Kier alpha value is -2.71. The van der Waals surface area contributed by atoms with E-state index in [4.69, 9.17) is 11.6 Å². The third-order valence-electron chi connectivity index (χ3n) is 4.26. The summed E-state index contributed by atoms with van der Waals surface area (Å²) in [6.45, 7) is 3.01. The van der Waals surface area contributed by atoms with Crippen LogP contribution in [0.1, 0.15) is 12.5 Å². The maximum atomic E-state index is 12.8. The number of amides is 1. The zero-order valence-corrected chi connectivity index (χ0v) is 18.3. The summed E-state index contributed by atoms with van der Waals surface area (Å²) in [5.74, 6) is -0.694. The molecule has 11 nitrogen and oxygen atoms in total. The van der Waals surface area contributed by atoms with Gasteiger partial charge in [0.1, 0.15) is 10.6 Å². The molecule has 1 aliphatic heterocycles. The molecular weight excluding hydrogens is 472 g/mol. The molecule has 14 heteroatoms. The first-order valence-corrected chi connectivity index (χ1v) is 11.7. The Balaban J connectivity index is 1.96. The van der Waals surface area contributed by atoms with Gasteiger partial charge in [-0.15, -0.1) is 0 Å². The largest absolute Gasteiger partial charge is 0.296 e. The fourth-order valence-corrected chi connectivity index (χ4v) is 4.07. The Morgan fingerprint density at radius 2 is 1.74 bits per heavy atom. The van der Waals surface area contributed by atoms with Crippen LogP contribution >= 0.6 is 11.6 Å². The highest BCUT2D eigenvalue weighted by atomic mass is 35.5. The summed E-state index contributed by atoms with van der Waals surface area (Å²) >= 11 is 6.00. The summed E-state index contributed by atoms with van der Waals surface area (Å²) in [6, 6.07) is 5.99. The molecular formula is C17H15ClN4O7S2. The minimum Gasteiger partial charge on any atom is -0.282 e. The van der Waals surface area contributed by atoms with Gasteiger partial charge in [0.05, 0.1) is 16.3 Å². The minimum absolute atomic E-state index is 0.0641. The van der Waals surface area contributed by atoms with Gasteiger partial charge in [-0.25, -0.2) is 0 Å². The molecule has 0 bridgehead atoms. The first-order chi connectivity index (χ1) is 14.3. The molecule has 2 aromatic rings. The van der Waals surface area contributed by atoms with Gasteiger partial charge in [-0.3, -0.25) is 13.9 Å². The average Bonchev–Trinajstić information content (AvgIpc) is 2.95. The zero-order valence-electron chi connectivity index (χ0n) is 16.0. The van der Waals surface area contributed by atoms with E-state index < -0.39 is 42.0 Å². The topological polar surface area (TPSA) is 166 Å². The molecule has 0 radical (unpaired) electrons. The van der Waals surface area contributed by atoms with Crippen LogP contribution < -0.4 is 5.01 Å². The van der Waals surface area contributed by atoms with Crippen molar-refractivity contribution in [3.05, 3.63) is 47.0 Å². The van der Waals surface area contributed by atoms with E-state index in [0.29, 0.717) is 5.56 Å². The Bertz CT molecular complexity index is 1350. The van der Waals surface area contributed by atoms with E-state index in [1.165, 1.54) is 32.0 Å². The Morgan fingerprint density at radius 1 is 1.06 bits per heavy atom. The molecule has 1 aliphatic rings. The number of nitrogens with zero attached hydrogens (tertiary/aromatic N) is 4. The van der Waals surface area contributed by atoms with Crippen LogP contribution in [-0.4, -0.2) is 43.6 Å². The van der Waals surface area contributed by atoms with E-state index in [-0.39, 0.29) is 22.1 Å². The number of hydrazone groups is 1. The summed E-state index contributed by atoms with van der Waals surface area (Å²) in [5, 5.41) is 12.7. The number of rotatable bonds is 5. The van der Waals surface area contributed by atoms with Crippen molar-refractivity contribution in [2.45, 2.75) is 29.7 Å². The Kier molecular flexibility index (Phi) is 5.99. The van der Waals surface area contributed by atoms with E-state index in [9.17, 15) is 30.7 Å². The van der Waals surface area contributed by atoms with Gasteiger partial charge in [0.25, 0.3) is 26.1 Å². The average molecular weight is 487 g/mol. The van der Waals surface area contributed by atoms with Gasteiger partial charge in [0, 0.05) is 5.02 Å². The number of carbonyl (C=O) groups excluding carboxylic acids is 1. The van der Waals surface area contributed by atoms with Gasteiger partial charge < -0.3 is 0 Å². The van der Waals surface area contributed by atoms with Crippen LogP contribution in [0.15, 0.2) is 61.5 Å². The van der Waals surface area contributed by atoms with Crippen LogP contribution in [0.25, 0.3) is 0 Å². The highest BCUT2D eigenvalue weighted by Crippen LogP contribution is 2.32. The molecule has 0 aromatic heterocycles. The summed E-state index contributed by atoms with van der Waals surface area (Å²) in [4.78, 5) is 11.8. The lowest BCUT2D eigenvalue weighted by Gasteiger charge is -2.13. The lowest BCUT2D eigenvalue weighted by atomic mass is 10.2. The summed E-state index contributed by atoms with van der Waals surface area (Å²) in [7, 11) is -9.13. The monoisotopic (exact) mass is 486 g/mol. The summed E-state index contributed by atoms with van der Waals surface area (Å²) < 4.78 is 64.6. The van der Waals surface area contributed by atoms with Crippen LogP contribution in [0.2, 0.25) is 5.02 Å². The quantitative estimate of drug-likeness (QED) is 0.483. The maximum Gasteiger partial charge on any atom is 0.296 e. The molecule has 0 aliphatic carbocycles. The van der Waals surface area contributed by atoms with Crippen molar-refractivity contribution in [3.8, 4) is 0 Å². The maximum absolute atomic E-state index is 12.8. The molecule has 164 valence electrons. The number of hydrogen-bond donors (Lipinski definition) is 2. The van der Waals surface area contributed by atoms with Gasteiger partial charge in [0.15, 0.2) is 6.04 Å². The van der Waals surface area contributed by atoms with E-state index in [1.54, 1.807) is 0 Å². The molecule has 1 unspecified atom stereocenters. The molecule has 1 atom stereocenters. The molecule has 0 spiro atoms. The van der Waals surface area contributed by atoms with Gasteiger partial charge in [-0.1, -0.05) is 17.7 Å². The molecule has 2 N–H and O–H groups in total. The predicted molar refractivity (Wildman–Crippen MR) is 111 cm³/mol. The van der Waals surface area contributed by atoms with Crippen molar-refractivity contribution in [2.75, 3.05) is 5.01 Å². The number of azo groups is 1. The molecule has 0 saturated heterocycles. The van der Waals surface area contributed by atoms with E-state index >= 15 is 0 Å². The Labute approximate surface area is 182 Å². The SMILES string of the molecule is CC1=NN(c2cccc(S(=O)(=O)O)c2)C(=O)C1/N=N/c1cc(Cl)c(C)cc1S(=O)(=O)O. The number of halogens is 1. The van der Waals surface area contributed by atoms with Crippen molar-refractivity contribution in [1.29, 1.82) is 0 Å². The molecule has 3 rings (SSSR count). The molecule has 2 aromatic carbocycles. The van der Waals surface area contributed by atoms with Crippen molar-refractivity contribution in [1.82, 2.24) is 0 Å². The third-order valence-corrected chi connectivity index (χ3v) is 6.39. The first kappa shape index (κ1) is 23.0. The lowest BCUT2D eigenvalue weighted by molar-refractivity contribution is -0.117. The second kappa shape index (κ2) is 8.09. The van der Waals surface area contributed by atoms with Gasteiger partial charge in [0.2, 0.25) is 0 Å². The highest BCUT2D eigenvalue weighted by Gasteiger charge is 2.35. The van der Waals surface area contributed by atoms with Crippen LogP contribution in [-0.2, 0) is 25.0 Å². The number of benzene rings is 2. The van der Waals surface area contributed by atoms with E-state index in [2.05, 4.69) is 15.3 Å². The fraction of sp³-hybridized carbons (Fsp3) is 0.176. The molecule has 1 amide bonds. The van der Waals surface area contributed by atoms with Crippen LogP contribution in [0.5, 0.6) is 0 Å². The smallest absolute Gasteiger partial charge is 0.282 e. The van der Waals surface area contributed by atoms with Crippen molar-refractivity contribution >= 4 is 54.8 Å². The van der Waals surface area contributed by atoms with Crippen molar-refractivity contribution in [2.24, 2.45) is 15.3 Å². The normalized spacial score (nSPS) is 17.5. The van der Waals surface area contributed by atoms with Crippen LogP contribution in [0, 0.1) is 6.92 Å². The number of aryl methyl sites for hydroxylation is 1. The van der Waals surface area contributed by atoms with Gasteiger partial charge in [-0.2, -0.15) is 37.2 Å². The summed E-state index contributed by atoms with van der Waals surface area (Å²) in [6.07, 6.45) is 0. The van der Waals surface area contributed by atoms with Crippen molar-refractivity contribution in [3.63, 3.8) is 0 Å². The summed E-state index contributed by atoms with van der Waals surface area (Å²) in [5.41, 5.74) is 0.366. The Morgan fingerprint density at radius 3 is 2.35 bits per heavy atom. The molecule has 31 heavy (non-hydrogen) atoms. The van der Waals surface area contributed by atoms with Crippen LogP contribution in [0.3, 0.4) is 0 Å². The van der Waals surface area contributed by atoms with Crippen LogP contribution in [0.4, 0.5) is 11.4 Å². The second-order valence-corrected chi connectivity index (χ2v) is 9.74. The second-order valence-electron chi connectivity index (χ2n) is 6.53. The first-order valence-electron chi connectivity index (χ1n) is 8.44. The fourth-order valence-electron chi connectivity index (χ4n) is 2.70. The molecule has 0 fully saturated rings. The van der Waals surface area contributed by atoms with Crippen molar-refractivity contribution < 1.29 is 30.7 Å². The standard InChI is InChI=1S/C17H15ClN4O7S2/c1-9-6-15(31(27,28)29)14(8-13(9)18)19-20-16-10(2)21-22(17(16)23)11-4-3-5-12(7-11)30(24,25)26/h3-8,16H,1-2H3,(H,24,25,26)(H,27,28,29)/b20-19+. The zero-order chi connectivity index (χ0) is 23.1. The van der Waals surface area contributed by atoms with E-state index in [1.807, 2.05) is 0 Å². The number of carbonyl (C=O) groups is 1. The lowest BCUT2D eigenvalue weighted by Crippen LogP contribution is -2.29. The highest BCUT2D eigenvalue weighted by molar-refractivity contribution is 7.86. The third kappa shape index (κ3) is 4.80. The van der Waals surface area contributed by atoms with Gasteiger partial charge >= 0.3 is 0 Å². The number of anilines is 1. The van der Waals surface area contributed by atoms with E-state index in [0.717, 1.165) is 23.2 Å². The predicted octanol–water partition coefficient (Wildman–Crippen LogP) is 3.02. The number of hydrogen-bond acceptors (Lipinski definition) is 8. The molecule has 1 heterocycles. The van der Waals surface area contributed by atoms with Gasteiger partial charge in [-0.05, 0) is 49.7 Å².